The fraction of sp³-hybridized carbons (Fsp3) is 0.474. The Morgan fingerprint density at radius 1 is 1.25 bits per heavy atom. The summed E-state index contributed by atoms with van der Waals surface area (Å²) in [5, 5.41) is 1.18. The quantitative estimate of drug-likeness (QED) is 0.864. The van der Waals surface area contributed by atoms with Crippen molar-refractivity contribution in [3.8, 4) is 0 Å². The number of aromatic nitrogens is 1. The van der Waals surface area contributed by atoms with Crippen LogP contribution >= 0.6 is 0 Å². The predicted molar refractivity (Wildman–Crippen MR) is 94.8 cm³/mol. The van der Waals surface area contributed by atoms with Gasteiger partial charge in [0.15, 0.2) is 0 Å². The van der Waals surface area contributed by atoms with Crippen molar-refractivity contribution >= 4 is 17.0 Å². The maximum atomic E-state index is 11.8. The summed E-state index contributed by atoms with van der Waals surface area (Å²) in [5.41, 5.74) is 2.15. The summed E-state index contributed by atoms with van der Waals surface area (Å²) in [6.07, 6.45) is 1.73. The third kappa shape index (κ3) is 3.85. The highest BCUT2D eigenvalue weighted by Crippen LogP contribution is 2.19. The molecule has 0 atom stereocenters. The molecule has 1 aromatic carbocycles. The maximum Gasteiger partial charge on any atom is 0.409 e. The second kappa shape index (κ2) is 7.62. The molecule has 0 unspecified atom stereocenters. The van der Waals surface area contributed by atoms with Gasteiger partial charge in [-0.3, -0.25) is 9.88 Å². The summed E-state index contributed by atoms with van der Waals surface area (Å²) in [6.45, 7) is 5.08. The Morgan fingerprint density at radius 2 is 2.00 bits per heavy atom. The van der Waals surface area contributed by atoms with E-state index in [0.29, 0.717) is 6.61 Å². The third-order valence-electron chi connectivity index (χ3n) is 4.70. The van der Waals surface area contributed by atoms with Crippen molar-refractivity contribution in [2.45, 2.75) is 32.4 Å². The molecule has 0 N–H and O–H groups in total. The number of hydrogen-bond donors (Lipinski definition) is 0. The number of carbonyl (C=O) groups excluding carboxylic acids is 1. The van der Waals surface area contributed by atoms with Crippen LogP contribution in [0.3, 0.4) is 0 Å². The molecule has 1 amide bonds. The molecule has 5 nitrogen and oxygen atoms in total. The molecule has 1 saturated heterocycles. The molecule has 1 aromatic heterocycles. The molecule has 0 aliphatic carbocycles. The van der Waals surface area contributed by atoms with Gasteiger partial charge in [0, 0.05) is 38.1 Å². The Hall–Kier alpha value is -2.14. The van der Waals surface area contributed by atoms with Gasteiger partial charge in [-0.05, 0) is 31.9 Å². The van der Waals surface area contributed by atoms with E-state index >= 15 is 0 Å². The number of ether oxygens (including phenoxy) is 1. The van der Waals surface area contributed by atoms with Crippen molar-refractivity contribution in [2.24, 2.45) is 0 Å². The minimum atomic E-state index is -0.216. The molecular formula is C19H25N3O2. The van der Waals surface area contributed by atoms with E-state index in [2.05, 4.69) is 29.2 Å². The van der Waals surface area contributed by atoms with Gasteiger partial charge in [-0.1, -0.05) is 24.3 Å². The Labute approximate surface area is 143 Å². The van der Waals surface area contributed by atoms with Gasteiger partial charge in [0.2, 0.25) is 0 Å². The summed E-state index contributed by atoms with van der Waals surface area (Å²) in [6, 6.07) is 12.7. The number of pyridine rings is 1. The average molecular weight is 327 g/mol. The molecule has 24 heavy (non-hydrogen) atoms. The van der Waals surface area contributed by atoms with Crippen molar-refractivity contribution in [3.05, 3.63) is 42.1 Å². The van der Waals surface area contributed by atoms with E-state index in [1.807, 2.05) is 26.1 Å². The van der Waals surface area contributed by atoms with E-state index < -0.39 is 0 Å². The molecule has 0 bridgehead atoms. The molecule has 1 aliphatic rings. The van der Waals surface area contributed by atoms with Gasteiger partial charge in [0.05, 0.1) is 17.8 Å². The lowest BCUT2D eigenvalue weighted by atomic mass is 10.0. The summed E-state index contributed by atoms with van der Waals surface area (Å²) in [5.74, 6) is 0. The van der Waals surface area contributed by atoms with E-state index in [1.165, 1.54) is 5.39 Å². The van der Waals surface area contributed by atoms with E-state index in [4.69, 9.17) is 9.72 Å². The van der Waals surface area contributed by atoms with Gasteiger partial charge in [-0.15, -0.1) is 0 Å². The number of fused-ring (bicyclic) bond motifs is 1. The van der Waals surface area contributed by atoms with Gasteiger partial charge in [0.25, 0.3) is 0 Å². The number of nitrogens with zero attached hydrogens (tertiary/aromatic N) is 3. The van der Waals surface area contributed by atoms with Crippen molar-refractivity contribution in [1.82, 2.24) is 14.8 Å². The number of amides is 1. The second-order valence-electron chi connectivity index (χ2n) is 6.31. The third-order valence-corrected chi connectivity index (χ3v) is 4.70. The summed E-state index contributed by atoms with van der Waals surface area (Å²) < 4.78 is 5.08. The first-order chi connectivity index (χ1) is 11.7. The number of rotatable bonds is 4. The molecule has 0 saturated carbocycles. The first kappa shape index (κ1) is 16.7. The van der Waals surface area contributed by atoms with Crippen LogP contribution in [0.15, 0.2) is 36.4 Å². The second-order valence-corrected chi connectivity index (χ2v) is 6.31. The Morgan fingerprint density at radius 3 is 2.75 bits per heavy atom. The van der Waals surface area contributed by atoms with Gasteiger partial charge in [-0.2, -0.15) is 0 Å². The van der Waals surface area contributed by atoms with Crippen LogP contribution in [0.2, 0.25) is 0 Å². The fourth-order valence-corrected chi connectivity index (χ4v) is 3.26. The van der Waals surface area contributed by atoms with Crippen LogP contribution in [0.4, 0.5) is 4.79 Å². The van der Waals surface area contributed by atoms with Crippen LogP contribution in [-0.2, 0) is 11.3 Å². The molecule has 128 valence electrons. The molecule has 0 radical (unpaired) electrons. The van der Waals surface area contributed by atoms with Crippen LogP contribution in [0, 0.1) is 0 Å². The van der Waals surface area contributed by atoms with Crippen LogP contribution in [0.5, 0.6) is 0 Å². The van der Waals surface area contributed by atoms with Crippen molar-refractivity contribution in [3.63, 3.8) is 0 Å². The standard InChI is InChI=1S/C19H25N3O2/c1-3-24-19(23)21(2)17-10-12-22(13-11-17)14-16-9-8-15-6-4-5-7-18(15)20-16/h4-9,17H,3,10-14H2,1-2H3. The first-order valence-electron chi connectivity index (χ1n) is 8.64. The lowest BCUT2D eigenvalue weighted by molar-refractivity contribution is 0.0787. The van der Waals surface area contributed by atoms with Crippen molar-refractivity contribution in [2.75, 3.05) is 26.7 Å². The highest BCUT2D eigenvalue weighted by molar-refractivity contribution is 5.78. The highest BCUT2D eigenvalue weighted by Gasteiger charge is 2.26. The van der Waals surface area contributed by atoms with Crippen molar-refractivity contribution < 1.29 is 9.53 Å². The number of para-hydroxylation sites is 1. The predicted octanol–water partition coefficient (Wildman–Crippen LogP) is 3.29. The minimum Gasteiger partial charge on any atom is -0.450 e. The number of benzene rings is 1. The van der Waals surface area contributed by atoms with Gasteiger partial charge >= 0.3 is 6.09 Å². The zero-order valence-electron chi connectivity index (χ0n) is 14.4. The largest absolute Gasteiger partial charge is 0.450 e. The van der Waals surface area contributed by atoms with E-state index in [-0.39, 0.29) is 12.1 Å². The Balaban J connectivity index is 1.55. The van der Waals surface area contributed by atoms with E-state index in [1.54, 1.807) is 4.90 Å². The van der Waals surface area contributed by atoms with Crippen LogP contribution in [-0.4, -0.2) is 53.7 Å². The zero-order chi connectivity index (χ0) is 16.9. The smallest absolute Gasteiger partial charge is 0.409 e. The number of likely N-dealkylation sites (tertiary alicyclic amines) is 1. The Bertz CT molecular complexity index is 696. The first-order valence-corrected chi connectivity index (χ1v) is 8.64. The molecule has 1 fully saturated rings. The number of carbonyl (C=O) groups is 1. The van der Waals surface area contributed by atoms with Crippen LogP contribution in [0.25, 0.3) is 10.9 Å². The summed E-state index contributed by atoms with van der Waals surface area (Å²) in [4.78, 5) is 20.7. The summed E-state index contributed by atoms with van der Waals surface area (Å²) in [7, 11) is 1.84. The Kier molecular flexibility index (Phi) is 5.30. The van der Waals surface area contributed by atoms with Gasteiger partial charge in [-0.25, -0.2) is 4.79 Å². The zero-order valence-corrected chi connectivity index (χ0v) is 14.4. The minimum absolute atomic E-state index is 0.216. The van der Waals surface area contributed by atoms with E-state index in [9.17, 15) is 4.79 Å². The number of piperidine rings is 1. The molecule has 3 rings (SSSR count). The maximum absolute atomic E-state index is 11.8. The SMILES string of the molecule is CCOC(=O)N(C)C1CCN(Cc2ccc3ccccc3n2)CC1. The molecular weight excluding hydrogens is 302 g/mol. The molecule has 1 aliphatic heterocycles. The monoisotopic (exact) mass is 327 g/mol. The molecule has 2 aromatic rings. The average Bonchev–Trinajstić information content (AvgIpc) is 2.62. The normalized spacial score (nSPS) is 16.2. The van der Waals surface area contributed by atoms with Gasteiger partial charge < -0.3 is 9.64 Å². The lowest BCUT2D eigenvalue weighted by Gasteiger charge is -2.36. The van der Waals surface area contributed by atoms with Crippen molar-refractivity contribution in [1.29, 1.82) is 0 Å². The van der Waals surface area contributed by atoms with Crippen LogP contribution in [0.1, 0.15) is 25.5 Å². The lowest BCUT2D eigenvalue weighted by Crippen LogP contribution is -2.45. The molecule has 2 heterocycles. The molecule has 5 heteroatoms. The molecule has 0 spiro atoms. The van der Waals surface area contributed by atoms with E-state index in [0.717, 1.165) is 43.7 Å². The summed E-state index contributed by atoms with van der Waals surface area (Å²) >= 11 is 0. The van der Waals surface area contributed by atoms with Crippen LogP contribution < -0.4 is 0 Å². The fourth-order valence-electron chi connectivity index (χ4n) is 3.26. The topological polar surface area (TPSA) is 45.7 Å². The number of hydrogen-bond acceptors (Lipinski definition) is 4. The van der Waals surface area contributed by atoms with Gasteiger partial charge in [0.1, 0.15) is 0 Å². The highest BCUT2D eigenvalue weighted by atomic mass is 16.6.